The monoisotopic (exact) mass is 491 g/mol. The molecule has 2 aliphatic rings. The Bertz CT molecular complexity index is 1110. The van der Waals surface area contributed by atoms with Gasteiger partial charge in [0.25, 0.3) is 0 Å². The van der Waals surface area contributed by atoms with Crippen molar-refractivity contribution >= 4 is 12.4 Å². The topological polar surface area (TPSA) is 21.7 Å². The van der Waals surface area contributed by atoms with Crippen molar-refractivity contribution in [2.75, 3.05) is 20.2 Å². The lowest BCUT2D eigenvalue weighted by Gasteiger charge is -2.34. The van der Waals surface area contributed by atoms with Crippen molar-refractivity contribution in [1.29, 1.82) is 0 Å². The zero-order valence-electron chi connectivity index (χ0n) is 21.2. The lowest BCUT2D eigenvalue weighted by Crippen LogP contribution is -2.34. The Morgan fingerprint density at radius 3 is 2.31 bits per heavy atom. The van der Waals surface area contributed by atoms with Crippen molar-refractivity contribution in [2.24, 2.45) is 0 Å². The first kappa shape index (κ1) is 25.6. The number of hydrogen-bond donors (Lipinski definition) is 0. The highest BCUT2D eigenvalue weighted by molar-refractivity contribution is 5.85. The maximum atomic E-state index is 6.41. The fourth-order valence-corrected chi connectivity index (χ4v) is 5.97. The summed E-state index contributed by atoms with van der Waals surface area (Å²) in [6.07, 6.45) is 6.30. The van der Waals surface area contributed by atoms with Crippen LogP contribution >= 0.6 is 12.4 Å². The van der Waals surface area contributed by atoms with Gasteiger partial charge in [-0.25, -0.2) is 0 Å². The van der Waals surface area contributed by atoms with E-state index in [1.165, 1.54) is 59.9 Å². The summed E-state index contributed by atoms with van der Waals surface area (Å²) in [5.41, 5.74) is 6.95. The molecule has 3 unspecified atom stereocenters. The van der Waals surface area contributed by atoms with Gasteiger partial charge in [-0.15, -0.1) is 12.4 Å². The zero-order valence-corrected chi connectivity index (χ0v) is 22.0. The van der Waals surface area contributed by atoms with Crippen LogP contribution in [0.1, 0.15) is 72.3 Å². The van der Waals surface area contributed by atoms with Crippen molar-refractivity contribution in [1.82, 2.24) is 4.90 Å². The number of halogens is 1. The van der Waals surface area contributed by atoms with E-state index in [2.05, 4.69) is 85.5 Å². The molecular formula is C31H38ClNO2. The molecule has 3 atom stereocenters. The van der Waals surface area contributed by atoms with E-state index in [9.17, 15) is 0 Å². The Hall–Kier alpha value is -2.49. The molecule has 0 amide bonds. The number of benzene rings is 3. The summed E-state index contributed by atoms with van der Waals surface area (Å²) < 4.78 is 11.9. The van der Waals surface area contributed by atoms with E-state index >= 15 is 0 Å². The van der Waals surface area contributed by atoms with E-state index in [-0.39, 0.29) is 18.6 Å². The van der Waals surface area contributed by atoms with Crippen LogP contribution in [0.2, 0.25) is 0 Å². The molecule has 1 fully saturated rings. The van der Waals surface area contributed by atoms with Crippen molar-refractivity contribution in [3.8, 4) is 11.5 Å². The fraction of sp³-hybridized carbons (Fsp3) is 0.419. The number of hydrogen-bond acceptors (Lipinski definition) is 3. The van der Waals surface area contributed by atoms with Gasteiger partial charge >= 0.3 is 0 Å². The Labute approximate surface area is 216 Å². The summed E-state index contributed by atoms with van der Waals surface area (Å²) in [6, 6.07) is 24.6. The van der Waals surface area contributed by atoms with Gasteiger partial charge in [-0.2, -0.15) is 0 Å². The van der Waals surface area contributed by atoms with E-state index < -0.39 is 0 Å². The highest BCUT2D eigenvalue weighted by atomic mass is 35.5. The normalized spacial score (nSPS) is 19.3. The summed E-state index contributed by atoms with van der Waals surface area (Å²) in [5.74, 6) is 2.67. The van der Waals surface area contributed by atoms with Gasteiger partial charge in [-0.3, -0.25) is 4.90 Å². The van der Waals surface area contributed by atoms with Crippen LogP contribution in [0.4, 0.5) is 0 Å². The van der Waals surface area contributed by atoms with E-state index in [1.807, 2.05) is 0 Å². The van der Waals surface area contributed by atoms with Gasteiger partial charge in [0.15, 0.2) is 0 Å². The number of rotatable bonds is 7. The summed E-state index contributed by atoms with van der Waals surface area (Å²) in [7, 11) is 1.73. The molecule has 5 rings (SSSR count). The second-order valence-electron chi connectivity index (χ2n) is 9.93. The van der Waals surface area contributed by atoms with Crippen LogP contribution in [0.15, 0.2) is 66.7 Å². The molecule has 0 N–H and O–H groups in total. The summed E-state index contributed by atoms with van der Waals surface area (Å²) in [4.78, 5) is 2.44. The minimum Gasteiger partial charge on any atom is -0.497 e. The Morgan fingerprint density at radius 1 is 0.886 bits per heavy atom. The Morgan fingerprint density at radius 2 is 1.60 bits per heavy atom. The first-order chi connectivity index (χ1) is 16.6. The van der Waals surface area contributed by atoms with Gasteiger partial charge in [0.1, 0.15) is 17.7 Å². The number of likely N-dealkylation sites (tertiary alicyclic amines) is 1. The lowest BCUT2D eigenvalue weighted by atomic mass is 9.70. The van der Waals surface area contributed by atoms with Gasteiger partial charge in [-0.05, 0) is 97.9 Å². The molecule has 1 heterocycles. The molecule has 3 aromatic carbocycles. The predicted molar refractivity (Wildman–Crippen MR) is 146 cm³/mol. The fourth-order valence-electron chi connectivity index (χ4n) is 5.97. The van der Waals surface area contributed by atoms with Gasteiger partial charge in [-0.1, -0.05) is 48.5 Å². The van der Waals surface area contributed by atoms with Crippen molar-refractivity contribution in [3.05, 3.63) is 94.5 Å². The van der Waals surface area contributed by atoms with Crippen LogP contribution in [0, 0.1) is 6.92 Å². The predicted octanol–water partition coefficient (Wildman–Crippen LogP) is 7.50. The van der Waals surface area contributed by atoms with Crippen LogP contribution in [-0.4, -0.2) is 31.3 Å². The molecule has 35 heavy (non-hydrogen) atoms. The first-order valence-electron chi connectivity index (χ1n) is 12.9. The number of fused-ring (bicyclic) bond motifs is 1. The number of ether oxygens (including phenoxy) is 2. The minimum absolute atomic E-state index is 0. The third-order valence-electron chi connectivity index (χ3n) is 7.80. The molecular weight excluding hydrogens is 454 g/mol. The first-order valence-corrected chi connectivity index (χ1v) is 12.9. The molecule has 0 saturated carbocycles. The standard InChI is InChI=1S/C31H37NO2.ClH/c1-22-21-26(15-18-30(22)34-23(2)32-19-6-7-20-32)31(25-13-16-27(33-3)17-14-25)29-12-8-10-24-9-4-5-11-28(24)29;/h4-5,9,11,13-18,21,23,29,31H,6-8,10,12,19-20H2,1-3H3;1H. The second-order valence-corrected chi connectivity index (χ2v) is 9.93. The smallest absolute Gasteiger partial charge is 0.149 e. The number of methoxy groups -OCH3 is 1. The molecule has 3 aromatic rings. The summed E-state index contributed by atoms with van der Waals surface area (Å²) in [5, 5.41) is 0. The Balaban J connectivity index is 0.00000289. The molecule has 1 aliphatic carbocycles. The van der Waals surface area contributed by atoms with Crippen LogP contribution in [-0.2, 0) is 6.42 Å². The molecule has 0 aromatic heterocycles. The van der Waals surface area contributed by atoms with E-state index in [0.717, 1.165) is 24.6 Å². The Kier molecular flexibility index (Phi) is 8.41. The van der Waals surface area contributed by atoms with E-state index in [1.54, 1.807) is 7.11 Å². The van der Waals surface area contributed by atoms with Gasteiger partial charge < -0.3 is 9.47 Å². The third kappa shape index (κ3) is 5.52. The van der Waals surface area contributed by atoms with E-state index in [0.29, 0.717) is 11.8 Å². The molecule has 1 aliphatic heterocycles. The van der Waals surface area contributed by atoms with E-state index in [4.69, 9.17) is 9.47 Å². The van der Waals surface area contributed by atoms with Crippen LogP contribution in [0.3, 0.4) is 0 Å². The second kappa shape index (κ2) is 11.5. The van der Waals surface area contributed by atoms with Gasteiger partial charge in [0.2, 0.25) is 0 Å². The molecule has 1 saturated heterocycles. The molecule has 4 heteroatoms. The largest absolute Gasteiger partial charge is 0.497 e. The number of nitrogens with zero attached hydrogens (tertiary/aromatic N) is 1. The lowest BCUT2D eigenvalue weighted by molar-refractivity contribution is 0.0586. The zero-order chi connectivity index (χ0) is 23.5. The quantitative estimate of drug-likeness (QED) is 0.341. The highest BCUT2D eigenvalue weighted by Crippen LogP contribution is 2.46. The SMILES string of the molecule is COc1ccc(C(c2ccc(OC(C)N3CCCC3)c(C)c2)C2CCCc3ccccc32)cc1.Cl. The van der Waals surface area contributed by atoms with Crippen LogP contribution in [0.25, 0.3) is 0 Å². The maximum Gasteiger partial charge on any atom is 0.149 e. The third-order valence-corrected chi connectivity index (χ3v) is 7.80. The number of aryl methyl sites for hydroxylation is 2. The summed E-state index contributed by atoms with van der Waals surface area (Å²) >= 11 is 0. The minimum atomic E-state index is 0. The maximum absolute atomic E-state index is 6.41. The molecule has 0 bridgehead atoms. The molecule has 3 nitrogen and oxygen atoms in total. The van der Waals surface area contributed by atoms with Crippen molar-refractivity contribution in [3.63, 3.8) is 0 Å². The molecule has 0 radical (unpaired) electrons. The molecule has 186 valence electrons. The van der Waals surface area contributed by atoms with Crippen LogP contribution < -0.4 is 9.47 Å². The highest BCUT2D eigenvalue weighted by Gasteiger charge is 2.31. The molecule has 0 spiro atoms. The van der Waals surface area contributed by atoms with Crippen LogP contribution in [0.5, 0.6) is 11.5 Å². The van der Waals surface area contributed by atoms with Gasteiger partial charge in [0, 0.05) is 19.0 Å². The average Bonchev–Trinajstić information content (AvgIpc) is 3.42. The average molecular weight is 492 g/mol. The van der Waals surface area contributed by atoms with Gasteiger partial charge in [0.05, 0.1) is 7.11 Å². The van der Waals surface area contributed by atoms with Crippen molar-refractivity contribution < 1.29 is 9.47 Å². The van der Waals surface area contributed by atoms with Crippen molar-refractivity contribution in [2.45, 2.75) is 64.0 Å². The summed E-state index contributed by atoms with van der Waals surface area (Å²) in [6.45, 7) is 6.64.